The molecule has 1 aromatic rings. The Labute approximate surface area is 88.6 Å². The van der Waals surface area contributed by atoms with Gasteiger partial charge in [0, 0.05) is 0 Å². The van der Waals surface area contributed by atoms with E-state index >= 15 is 0 Å². The van der Waals surface area contributed by atoms with Gasteiger partial charge in [-0.05, 0) is 32.1 Å². The van der Waals surface area contributed by atoms with Gasteiger partial charge in [0.05, 0.1) is 18.2 Å². The zero-order valence-corrected chi connectivity index (χ0v) is 8.72. The summed E-state index contributed by atoms with van der Waals surface area (Å²) >= 11 is 0. The molecule has 2 heterocycles. The SMILES string of the molecule is Nc1ncn(CC2CCC3(CCC3)O2)n1. The van der Waals surface area contributed by atoms with Crippen LogP contribution in [-0.4, -0.2) is 26.5 Å². The van der Waals surface area contributed by atoms with Crippen molar-refractivity contribution in [3.8, 4) is 0 Å². The van der Waals surface area contributed by atoms with Crippen LogP contribution in [0.25, 0.3) is 0 Å². The van der Waals surface area contributed by atoms with Crippen molar-refractivity contribution < 1.29 is 4.74 Å². The van der Waals surface area contributed by atoms with Gasteiger partial charge in [0.15, 0.2) is 0 Å². The minimum atomic E-state index is 0.233. The fraction of sp³-hybridized carbons (Fsp3) is 0.800. The number of ether oxygens (including phenoxy) is 1. The van der Waals surface area contributed by atoms with Crippen LogP contribution in [0.5, 0.6) is 0 Å². The molecule has 1 aliphatic carbocycles. The summed E-state index contributed by atoms with van der Waals surface area (Å²) in [5.41, 5.74) is 5.69. The highest BCUT2D eigenvalue weighted by Crippen LogP contribution is 2.45. The molecule has 0 amide bonds. The van der Waals surface area contributed by atoms with E-state index in [1.165, 1.54) is 25.7 Å². The number of hydrogen-bond acceptors (Lipinski definition) is 4. The molecule has 5 nitrogen and oxygen atoms in total. The molecule has 82 valence electrons. The van der Waals surface area contributed by atoms with Crippen molar-refractivity contribution >= 4 is 5.95 Å². The topological polar surface area (TPSA) is 66.0 Å². The molecule has 15 heavy (non-hydrogen) atoms. The highest BCUT2D eigenvalue weighted by Gasteiger charge is 2.44. The van der Waals surface area contributed by atoms with Gasteiger partial charge in [-0.2, -0.15) is 0 Å². The molecule has 1 spiro atoms. The number of anilines is 1. The molecule has 3 rings (SSSR count). The molecule has 1 saturated carbocycles. The number of nitrogen functional groups attached to an aromatic ring is 1. The molecule has 0 bridgehead atoms. The van der Waals surface area contributed by atoms with Gasteiger partial charge in [-0.1, -0.05) is 0 Å². The maximum atomic E-state index is 6.07. The average molecular weight is 208 g/mol. The van der Waals surface area contributed by atoms with Gasteiger partial charge in [0.2, 0.25) is 5.95 Å². The van der Waals surface area contributed by atoms with Crippen LogP contribution in [0.2, 0.25) is 0 Å². The van der Waals surface area contributed by atoms with Crippen LogP contribution in [0, 0.1) is 0 Å². The fourth-order valence-corrected chi connectivity index (χ4v) is 2.57. The van der Waals surface area contributed by atoms with Crippen LogP contribution in [0.3, 0.4) is 0 Å². The summed E-state index contributed by atoms with van der Waals surface area (Å²) in [6, 6.07) is 0. The summed E-state index contributed by atoms with van der Waals surface area (Å²) in [7, 11) is 0. The Bertz CT molecular complexity index is 358. The van der Waals surface area contributed by atoms with E-state index in [-0.39, 0.29) is 5.60 Å². The van der Waals surface area contributed by atoms with E-state index in [1.807, 2.05) is 0 Å². The van der Waals surface area contributed by atoms with E-state index in [0.29, 0.717) is 12.1 Å². The van der Waals surface area contributed by atoms with Crippen molar-refractivity contribution in [1.82, 2.24) is 14.8 Å². The van der Waals surface area contributed by atoms with Gasteiger partial charge >= 0.3 is 0 Å². The summed E-state index contributed by atoms with van der Waals surface area (Å²) in [6.45, 7) is 0.784. The zero-order chi connectivity index (χ0) is 10.3. The van der Waals surface area contributed by atoms with E-state index in [2.05, 4.69) is 10.1 Å². The normalized spacial score (nSPS) is 28.1. The lowest BCUT2D eigenvalue weighted by molar-refractivity contribution is -0.0952. The molecule has 5 heteroatoms. The first kappa shape index (κ1) is 9.15. The second kappa shape index (κ2) is 3.20. The molecule has 1 aliphatic heterocycles. The van der Waals surface area contributed by atoms with Crippen LogP contribution in [0.15, 0.2) is 6.33 Å². The molecule has 1 atom stereocenters. The number of hydrogen-bond donors (Lipinski definition) is 1. The second-order valence-corrected chi connectivity index (χ2v) is 4.64. The molecule has 1 aromatic heterocycles. The first-order chi connectivity index (χ1) is 7.26. The van der Waals surface area contributed by atoms with Crippen LogP contribution in [0.1, 0.15) is 32.1 Å². The summed E-state index contributed by atoms with van der Waals surface area (Å²) in [5, 5.41) is 4.07. The molecule has 0 aromatic carbocycles. The Morgan fingerprint density at radius 2 is 2.40 bits per heavy atom. The maximum Gasteiger partial charge on any atom is 0.239 e. The first-order valence-electron chi connectivity index (χ1n) is 5.59. The maximum absolute atomic E-state index is 6.07. The fourth-order valence-electron chi connectivity index (χ4n) is 2.57. The molecular formula is C10H16N4O. The quantitative estimate of drug-likeness (QED) is 0.786. The van der Waals surface area contributed by atoms with Gasteiger partial charge in [-0.25, -0.2) is 9.67 Å². The van der Waals surface area contributed by atoms with Gasteiger partial charge in [0.1, 0.15) is 6.33 Å². The van der Waals surface area contributed by atoms with E-state index in [1.54, 1.807) is 11.0 Å². The average Bonchev–Trinajstić information content (AvgIpc) is 2.72. The number of rotatable bonds is 2. The second-order valence-electron chi connectivity index (χ2n) is 4.64. The molecule has 1 unspecified atom stereocenters. The van der Waals surface area contributed by atoms with Crippen LogP contribution >= 0.6 is 0 Å². The minimum Gasteiger partial charge on any atom is -0.370 e. The van der Waals surface area contributed by atoms with Crippen molar-refractivity contribution in [2.75, 3.05) is 5.73 Å². The van der Waals surface area contributed by atoms with Crippen LogP contribution in [0.4, 0.5) is 5.95 Å². The van der Waals surface area contributed by atoms with Crippen molar-refractivity contribution in [1.29, 1.82) is 0 Å². The third-order valence-corrected chi connectivity index (χ3v) is 3.55. The lowest BCUT2D eigenvalue weighted by atomic mass is 9.78. The van der Waals surface area contributed by atoms with Crippen molar-refractivity contribution in [3.05, 3.63) is 6.33 Å². The molecular weight excluding hydrogens is 192 g/mol. The Morgan fingerprint density at radius 1 is 1.53 bits per heavy atom. The molecule has 2 N–H and O–H groups in total. The van der Waals surface area contributed by atoms with Crippen molar-refractivity contribution in [3.63, 3.8) is 0 Å². The van der Waals surface area contributed by atoms with Gasteiger partial charge in [-0.3, -0.25) is 0 Å². The molecule has 2 fully saturated rings. The smallest absolute Gasteiger partial charge is 0.239 e. The lowest BCUT2D eigenvalue weighted by Crippen LogP contribution is -2.37. The van der Waals surface area contributed by atoms with Crippen LogP contribution in [-0.2, 0) is 11.3 Å². The number of aromatic nitrogens is 3. The molecule has 1 saturated heterocycles. The van der Waals surface area contributed by atoms with E-state index in [4.69, 9.17) is 10.5 Å². The molecule has 2 aliphatic rings. The van der Waals surface area contributed by atoms with Gasteiger partial charge < -0.3 is 10.5 Å². The van der Waals surface area contributed by atoms with Crippen molar-refractivity contribution in [2.24, 2.45) is 0 Å². The van der Waals surface area contributed by atoms with E-state index in [0.717, 1.165) is 13.0 Å². The standard InChI is InChI=1S/C10H16N4O/c11-9-12-7-14(13-9)6-8-2-5-10(15-8)3-1-4-10/h7-8H,1-6H2,(H2,11,13). The monoisotopic (exact) mass is 208 g/mol. The van der Waals surface area contributed by atoms with E-state index in [9.17, 15) is 0 Å². The Balaban J connectivity index is 1.61. The molecule has 0 radical (unpaired) electrons. The third-order valence-electron chi connectivity index (χ3n) is 3.55. The third kappa shape index (κ3) is 1.61. The number of nitrogens with zero attached hydrogens (tertiary/aromatic N) is 3. The Hall–Kier alpha value is -1.10. The Morgan fingerprint density at radius 3 is 2.93 bits per heavy atom. The Kier molecular flexibility index (Phi) is 1.95. The summed E-state index contributed by atoms with van der Waals surface area (Å²) < 4.78 is 7.84. The van der Waals surface area contributed by atoms with Gasteiger partial charge in [-0.15, -0.1) is 5.10 Å². The summed E-state index contributed by atoms with van der Waals surface area (Å²) in [6.07, 6.45) is 8.12. The number of nitrogens with two attached hydrogens (primary N) is 1. The van der Waals surface area contributed by atoms with Crippen LogP contribution < -0.4 is 5.73 Å². The largest absolute Gasteiger partial charge is 0.370 e. The predicted molar refractivity (Wildman–Crippen MR) is 55.1 cm³/mol. The zero-order valence-electron chi connectivity index (χ0n) is 8.72. The first-order valence-corrected chi connectivity index (χ1v) is 5.59. The summed E-state index contributed by atoms with van der Waals surface area (Å²) in [4.78, 5) is 3.90. The predicted octanol–water partition coefficient (Wildman–Crippen LogP) is 0.962. The van der Waals surface area contributed by atoms with E-state index < -0.39 is 0 Å². The van der Waals surface area contributed by atoms with Gasteiger partial charge in [0.25, 0.3) is 0 Å². The van der Waals surface area contributed by atoms with Crippen molar-refractivity contribution in [2.45, 2.75) is 50.4 Å². The highest BCUT2D eigenvalue weighted by atomic mass is 16.5. The minimum absolute atomic E-state index is 0.233. The summed E-state index contributed by atoms with van der Waals surface area (Å²) in [5.74, 6) is 0.339. The lowest BCUT2D eigenvalue weighted by Gasteiger charge is -2.37. The highest BCUT2D eigenvalue weighted by molar-refractivity contribution is 5.09.